The topological polar surface area (TPSA) is 137 Å². The molecule has 332 valence electrons. The van der Waals surface area contributed by atoms with Gasteiger partial charge in [-0.05, 0) is 163 Å². The summed E-state index contributed by atoms with van der Waals surface area (Å²) in [5, 5.41) is 17.8. The van der Waals surface area contributed by atoms with Crippen LogP contribution in [0.1, 0.15) is 112 Å². The summed E-state index contributed by atoms with van der Waals surface area (Å²) in [6, 6.07) is 33.9. The molecule has 0 aliphatic rings. The molecule has 0 radical (unpaired) electrons. The summed E-state index contributed by atoms with van der Waals surface area (Å²) in [6.45, 7) is 9.55. The quantitative estimate of drug-likeness (QED) is 0.0290. The Kier molecular flexibility index (Phi) is 22.4. The van der Waals surface area contributed by atoms with Gasteiger partial charge in [0.05, 0.1) is 48.7 Å². The van der Waals surface area contributed by atoms with Crippen molar-refractivity contribution in [3.8, 4) is 47.3 Å². The molecule has 10 nitrogen and oxygen atoms in total. The minimum Gasteiger partial charge on any atom is -0.494 e. The van der Waals surface area contributed by atoms with Crippen LogP contribution in [0.5, 0.6) is 11.5 Å². The van der Waals surface area contributed by atoms with Crippen molar-refractivity contribution >= 4 is 11.9 Å². The van der Waals surface area contributed by atoms with Crippen molar-refractivity contribution in [2.75, 3.05) is 26.4 Å². The van der Waals surface area contributed by atoms with Crippen LogP contribution in [0, 0.1) is 46.3 Å². The number of ether oxygens (including phenoxy) is 6. The normalized spacial score (nSPS) is 12.5. The van der Waals surface area contributed by atoms with Gasteiger partial charge in [0.15, 0.2) is 0 Å². The first-order valence-corrected chi connectivity index (χ1v) is 21.9. The van der Waals surface area contributed by atoms with Gasteiger partial charge in [0.2, 0.25) is 0 Å². The summed E-state index contributed by atoms with van der Waals surface area (Å²) < 4.78 is 34.4. The van der Waals surface area contributed by atoms with Crippen molar-refractivity contribution in [2.24, 2.45) is 0 Å². The molecular formula is C54H58N2O8. The van der Waals surface area contributed by atoms with Gasteiger partial charge in [0.25, 0.3) is 0 Å². The molecule has 0 amide bonds. The largest absolute Gasteiger partial charge is 0.494 e. The van der Waals surface area contributed by atoms with Gasteiger partial charge in [-0.15, -0.1) is 0 Å². The number of hydrogen-bond acceptors (Lipinski definition) is 10. The summed E-state index contributed by atoms with van der Waals surface area (Å²) in [7, 11) is 0. The lowest BCUT2D eigenvalue weighted by Crippen LogP contribution is -2.29. The van der Waals surface area contributed by atoms with Gasteiger partial charge < -0.3 is 28.4 Å². The average Bonchev–Trinajstić information content (AvgIpc) is 3.32. The summed E-state index contributed by atoms with van der Waals surface area (Å²) >= 11 is 0. The van der Waals surface area contributed by atoms with E-state index in [1.165, 1.54) is 0 Å². The molecule has 4 unspecified atom stereocenters. The van der Waals surface area contributed by atoms with Crippen LogP contribution in [-0.4, -0.2) is 62.8 Å². The van der Waals surface area contributed by atoms with Gasteiger partial charge >= 0.3 is 11.9 Å². The van der Waals surface area contributed by atoms with Crippen LogP contribution in [0.2, 0.25) is 0 Å². The summed E-state index contributed by atoms with van der Waals surface area (Å²) in [5.74, 6) is 12.8. The Labute approximate surface area is 379 Å². The van der Waals surface area contributed by atoms with Gasteiger partial charge in [-0.2, -0.15) is 10.5 Å². The molecule has 4 atom stereocenters. The fourth-order valence-corrected chi connectivity index (χ4v) is 5.89. The molecule has 0 spiro atoms. The van der Waals surface area contributed by atoms with E-state index < -0.39 is 24.1 Å². The van der Waals surface area contributed by atoms with E-state index in [0.29, 0.717) is 37.6 Å². The molecule has 0 aliphatic heterocycles. The van der Waals surface area contributed by atoms with Crippen LogP contribution < -0.4 is 9.47 Å². The zero-order chi connectivity index (χ0) is 45.8. The molecule has 64 heavy (non-hydrogen) atoms. The number of nitrogens with zero attached hydrogens (tertiary/aromatic N) is 2. The summed E-state index contributed by atoms with van der Waals surface area (Å²) in [6.07, 6.45) is 8.07. The monoisotopic (exact) mass is 862 g/mol. The van der Waals surface area contributed by atoms with E-state index in [1.54, 1.807) is 38.1 Å². The predicted octanol–water partition coefficient (Wildman–Crippen LogP) is 10.0. The molecule has 4 rings (SSSR count). The number of rotatable bonds is 24. The molecule has 0 N–H and O–H groups in total. The first-order chi connectivity index (χ1) is 31.1. The Hall–Kier alpha value is -6.82. The maximum Gasteiger partial charge on any atom is 0.331 e. The summed E-state index contributed by atoms with van der Waals surface area (Å²) in [5.41, 5.74) is 4.71. The van der Waals surface area contributed by atoms with E-state index in [4.69, 9.17) is 38.9 Å². The minimum absolute atomic E-state index is 0.311. The number of carbonyl (C=O) groups is 2. The number of carbonyl (C=O) groups excluding carboxylic acids is 2. The molecule has 10 heteroatoms. The van der Waals surface area contributed by atoms with E-state index in [-0.39, 0.29) is 12.2 Å². The fraction of sp³-hybridized carbons (Fsp3) is 0.370. The molecule has 4 aromatic carbocycles. The first kappa shape index (κ1) is 49.8. The number of benzene rings is 4. The molecule has 0 aromatic heterocycles. The summed E-state index contributed by atoms with van der Waals surface area (Å²) in [4.78, 5) is 24.7. The lowest BCUT2D eigenvalue weighted by atomic mass is 10.1. The Balaban J connectivity index is 0.960. The molecule has 0 fully saturated rings. The molecule has 0 saturated carbocycles. The van der Waals surface area contributed by atoms with Crippen LogP contribution in [0.4, 0.5) is 0 Å². The standard InChI is InChI=1S/C54H58N2O8/c1-41(59-35-9-5-7-11-37-61-51-29-25-47(26-30-51)15-13-45-17-21-49(39-55)22-18-45)43(3)63-53(57)33-34-54(58)64-44(4)42(2)60-36-10-6-8-12-38-62-52-31-27-48(28-32-52)16-14-46-19-23-50(40-56)24-20-46/h17-34,41-44H,5-12,35-38H2,1-4H3/b34-33+. The van der Waals surface area contributed by atoms with Crippen molar-refractivity contribution in [3.05, 3.63) is 143 Å². The fourth-order valence-electron chi connectivity index (χ4n) is 5.89. The van der Waals surface area contributed by atoms with Gasteiger partial charge in [0, 0.05) is 47.6 Å². The van der Waals surface area contributed by atoms with Crippen molar-refractivity contribution < 1.29 is 38.0 Å². The Morgan fingerprint density at radius 3 is 1.02 bits per heavy atom. The third-order valence-corrected chi connectivity index (χ3v) is 10.1. The SMILES string of the molecule is CC(OCCCCCCOc1ccc(C#Cc2ccc(C#N)cc2)cc1)C(C)OC(=O)/C=C/C(=O)OC(C)C(C)OCCCCCCOc1ccc(C#Cc2ccc(C#N)cc2)cc1. The molecule has 0 saturated heterocycles. The van der Waals surface area contributed by atoms with E-state index in [2.05, 4.69) is 35.8 Å². The van der Waals surface area contributed by atoms with Crippen LogP contribution in [0.3, 0.4) is 0 Å². The number of nitriles is 2. The van der Waals surface area contributed by atoms with Crippen molar-refractivity contribution in [1.82, 2.24) is 0 Å². The lowest BCUT2D eigenvalue weighted by molar-refractivity contribution is -0.152. The average molecular weight is 863 g/mol. The van der Waals surface area contributed by atoms with Gasteiger partial charge in [-0.3, -0.25) is 0 Å². The first-order valence-electron chi connectivity index (χ1n) is 21.9. The third-order valence-electron chi connectivity index (χ3n) is 10.1. The highest BCUT2D eigenvalue weighted by Gasteiger charge is 2.18. The van der Waals surface area contributed by atoms with E-state index in [0.717, 1.165) is 97.3 Å². The maximum absolute atomic E-state index is 12.4. The second kappa shape index (κ2) is 28.7. The highest BCUT2D eigenvalue weighted by molar-refractivity contribution is 5.91. The van der Waals surface area contributed by atoms with Crippen molar-refractivity contribution in [1.29, 1.82) is 10.5 Å². The van der Waals surface area contributed by atoms with Crippen LogP contribution in [-0.2, 0) is 28.5 Å². The van der Waals surface area contributed by atoms with Gasteiger partial charge in [-0.1, -0.05) is 36.5 Å². The van der Waals surface area contributed by atoms with Gasteiger partial charge in [0.1, 0.15) is 23.7 Å². The number of esters is 2. The van der Waals surface area contributed by atoms with Crippen LogP contribution in [0.15, 0.2) is 109 Å². The maximum atomic E-state index is 12.4. The zero-order valence-electron chi connectivity index (χ0n) is 37.3. The van der Waals surface area contributed by atoms with Gasteiger partial charge in [-0.25, -0.2) is 9.59 Å². The Bertz CT molecular complexity index is 2100. The van der Waals surface area contributed by atoms with E-state index in [1.807, 2.05) is 86.6 Å². The Morgan fingerprint density at radius 1 is 0.422 bits per heavy atom. The van der Waals surface area contributed by atoms with Crippen LogP contribution >= 0.6 is 0 Å². The number of hydrogen-bond donors (Lipinski definition) is 0. The minimum atomic E-state index is -0.645. The zero-order valence-corrected chi connectivity index (χ0v) is 37.3. The molecule has 0 heterocycles. The third kappa shape index (κ3) is 19.9. The van der Waals surface area contributed by atoms with E-state index in [9.17, 15) is 9.59 Å². The molecule has 0 aliphatic carbocycles. The molecular weight excluding hydrogens is 805 g/mol. The Morgan fingerprint density at radius 2 is 0.703 bits per heavy atom. The second-order valence-electron chi connectivity index (χ2n) is 15.2. The smallest absolute Gasteiger partial charge is 0.331 e. The highest BCUT2D eigenvalue weighted by atomic mass is 16.6. The predicted molar refractivity (Wildman–Crippen MR) is 246 cm³/mol. The molecule has 0 bridgehead atoms. The van der Waals surface area contributed by atoms with Crippen molar-refractivity contribution in [2.45, 2.75) is 103 Å². The number of unbranched alkanes of at least 4 members (excludes halogenated alkanes) is 6. The lowest BCUT2D eigenvalue weighted by Gasteiger charge is -2.21. The second-order valence-corrected chi connectivity index (χ2v) is 15.2. The highest BCUT2D eigenvalue weighted by Crippen LogP contribution is 2.16. The van der Waals surface area contributed by atoms with Crippen molar-refractivity contribution in [3.63, 3.8) is 0 Å². The molecule has 4 aromatic rings. The van der Waals surface area contributed by atoms with E-state index >= 15 is 0 Å². The van der Waals surface area contributed by atoms with Crippen LogP contribution in [0.25, 0.3) is 0 Å².